The highest BCUT2D eigenvalue weighted by molar-refractivity contribution is 7.10. The van der Waals surface area contributed by atoms with Gasteiger partial charge >= 0.3 is 0 Å². The van der Waals surface area contributed by atoms with Crippen LogP contribution in [0.4, 0.5) is 0 Å². The van der Waals surface area contributed by atoms with Crippen LogP contribution in [-0.4, -0.2) is 31.1 Å². The highest BCUT2D eigenvalue weighted by Crippen LogP contribution is 2.34. The molecule has 23 heavy (non-hydrogen) atoms. The molecule has 1 unspecified atom stereocenters. The Morgan fingerprint density at radius 1 is 1.26 bits per heavy atom. The number of likely N-dealkylation sites (N-methyl/N-ethyl adjacent to an activating group) is 1. The molecule has 0 spiro atoms. The Morgan fingerprint density at radius 3 is 2.57 bits per heavy atom. The highest BCUT2D eigenvalue weighted by atomic mass is 32.1. The molecule has 0 saturated carbocycles. The van der Waals surface area contributed by atoms with Crippen molar-refractivity contribution < 1.29 is 4.74 Å². The summed E-state index contributed by atoms with van der Waals surface area (Å²) in [5.74, 6) is 0.844. The van der Waals surface area contributed by atoms with E-state index in [0.29, 0.717) is 0 Å². The quantitative estimate of drug-likeness (QED) is 0.935. The van der Waals surface area contributed by atoms with Gasteiger partial charge in [0.15, 0.2) is 0 Å². The largest absolute Gasteiger partial charge is 0.497 e. The van der Waals surface area contributed by atoms with Gasteiger partial charge in [0.2, 0.25) is 0 Å². The van der Waals surface area contributed by atoms with Crippen LogP contribution < -0.4 is 10.5 Å². The molecular weight excluding hydrogens is 306 g/mol. The third kappa shape index (κ3) is 3.16. The summed E-state index contributed by atoms with van der Waals surface area (Å²) in [6.07, 6.45) is 7.04. The second-order valence-corrected chi connectivity index (χ2v) is 6.73. The third-order valence-corrected chi connectivity index (χ3v) is 5.04. The van der Waals surface area contributed by atoms with Gasteiger partial charge in [-0.25, -0.2) is 4.98 Å². The van der Waals surface area contributed by atoms with Crippen molar-refractivity contribution in [3.8, 4) is 17.0 Å². The second kappa shape index (κ2) is 6.18. The van der Waals surface area contributed by atoms with Gasteiger partial charge in [0.25, 0.3) is 0 Å². The molecule has 120 valence electrons. The molecule has 0 fully saturated rings. The maximum Gasteiger partial charge on any atom is 0.118 e. The molecule has 0 radical (unpaired) electrons. The fourth-order valence-corrected chi connectivity index (χ4v) is 3.45. The number of hydrogen-bond donors (Lipinski definition) is 1. The molecule has 1 aliphatic carbocycles. The van der Waals surface area contributed by atoms with Crippen molar-refractivity contribution in [2.45, 2.75) is 12.0 Å². The van der Waals surface area contributed by atoms with E-state index in [1.807, 2.05) is 38.4 Å². The molecule has 0 aliphatic heterocycles. The lowest BCUT2D eigenvalue weighted by Gasteiger charge is -2.27. The molecule has 1 atom stereocenters. The van der Waals surface area contributed by atoms with Gasteiger partial charge in [-0.2, -0.15) is 0 Å². The Hall–Kier alpha value is -2.11. The van der Waals surface area contributed by atoms with Crippen molar-refractivity contribution in [3.05, 3.63) is 58.6 Å². The minimum absolute atomic E-state index is 0.519. The molecule has 1 aromatic heterocycles. The SMILES string of the molecule is COc1ccc(-c2csc(C3(N)C=CC(N(C)C)=CC3)n2)cc1. The molecule has 1 heterocycles. The molecule has 0 amide bonds. The van der Waals surface area contributed by atoms with Crippen LogP contribution in [0.25, 0.3) is 11.3 Å². The number of aromatic nitrogens is 1. The monoisotopic (exact) mass is 327 g/mol. The fraction of sp³-hybridized carbons (Fsp3) is 0.278. The smallest absolute Gasteiger partial charge is 0.118 e. The second-order valence-electron chi connectivity index (χ2n) is 5.87. The lowest BCUT2D eigenvalue weighted by molar-refractivity contribution is 0.415. The Bertz CT molecular complexity index is 746. The van der Waals surface area contributed by atoms with E-state index in [9.17, 15) is 0 Å². The first-order valence-electron chi connectivity index (χ1n) is 7.48. The first-order valence-corrected chi connectivity index (χ1v) is 8.36. The van der Waals surface area contributed by atoms with Crippen LogP contribution in [0.1, 0.15) is 11.4 Å². The van der Waals surface area contributed by atoms with E-state index >= 15 is 0 Å². The fourth-order valence-electron chi connectivity index (χ4n) is 2.52. The molecule has 3 rings (SSSR count). The Morgan fingerprint density at radius 2 is 2.00 bits per heavy atom. The predicted molar refractivity (Wildman–Crippen MR) is 95.5 cm³/mol. The van der Waals surface area contributed by atoms with E-state index in [1.165, 1.54) is 5.70 Å². The molecule has 0 saturated heterocycles. The molecular formula is C18H21N3OS. The summed E-state index contributed by atoms with van der Waals surface area (Å²) in [5.41, 5.74) is 9.24. The zero-order chi connectivity index (χ0) is 16.4. The van der Waals surface area contributed by atoms with Gasteiger partial charge < -0.3 is 15.4 Å². The van der Waals surface area contributed by atoms with Crippen molar-refractivity contribution >= 4 is 11.3 Å². The number of allylic oxidation sites excluding steroid dienone is 1. The van der Waals surface area contributed by atoms with Crippen LogP contribution in [0.5, 0.6) is 5.75 Å². The predicted octanol–water partition coefficient (Wildman–Crippen LogP) is 3.38. The van der Waals surface area contributed by atoms with E-state index < -0.39 is 5.54 Å². The average Bonchev–Trinajstić information content (AvgIpc) is 3.06. The van der Waals surface area contributed by atoms with E-state index in [-0.39, 0.29) is 0 Å². The van der Waals surface area contributed by atoms with Crippen molar-refractivity contribution in [3.63, 3.8) is 0 Å². The average molecular weight is 327 g/mol. The first kappa shape index (κ1) is 15.8. The van der Waals surface area contributed by atoms with Gasteiger partial charge in [0.05, 0.1) is 18.3 Å². The number of rotatable bonds is 4. The third-order valence-electron chi connectivity index (χ3n) is 4.01. The zero-order valence-corrected chi connectivity index (χ0v) is 14.4. The maximum atomic E-state index is 6.56. The number of ether oxygens (including phenoxy) is 1. The van der Waals surface area contributed by atoms with Crippen LogP contribution in [0.2, 0.25) is 0 Å². The number of benzene rings is 1. The highest BCUT2D eigenvalue weighted by Gasteiger charge is 2.29. The summed E-state index contributed by atoms with van der Waals surface area (Å²) in [6.45, 7) is 0. The standard InChI is InChI=1S/C18H21N3OS/c1-21(2)14-8-10-18(19,11-9-14)17-20-16(12-23-17)13-4-6-15(22-3)7-5-13/h4-10,12H,11,19H2,1-3H3. The summed E-state index contributed by atoms with van der Waals surface area (Å²) in [6, 6.07) is 7.92. The molecule has 0 bridgehead atoms. The lowest BCUT2D eigenvalue weighted by Crippen LogP contribution is -2.35. The summed E-state index contributed by atoms with van der Waals surface area (Å²) < 4.78 is 5.19. The van der Waals surface area contributed by atoms with Gasteiger partial charge in [0, 0.05) is 30.7 Å². The Kier molecular flexibility index (Phi) is 4.24. The van der Waals surface area contributed by atoms with Crippen molar-refractivity contribution in [1.82, 2.24) is 9.88 Å². The van der Waals surface area contributed by atoms with Crippen LogP contribution >= 0.6 is 11.3 Å². The Balaban J connectivity index is 1.83. The number of thiazole rings is 1. The Labute approximate surface area is 140 Å². The van der Waals surface area contributed by atoms with E-state index in [4.69, 9.17) is 15.5 Å². The zero-order valence-electron chi connectivity index (χ0n) is 13.6. The van der Waals surface area contributed by atoms with Gasteiger partial charge in [-0.3, -0.25) is 0 Å². The van der Waals surface area contributed by atoms with E-state index in [2.05, 4.69) is 28.5 Å². The molecule has 1 aromatic carbocycles. The van der Waals surface area contributed by atoms with Crippen molar-refractivity contribution in [1.29, 1.82) is 0 Å². The number of hydrogen-bond acceptors (Lipinski definition) is 5. The van der Waals surface area contributed by atoms with Crippen LogP contribution in [-0.2, 0) is 5.54 Å². The van der Waals surface area contributed by atoms with E-state index in [0.717, 1.165) is 28.4 Å². The van der Waals surface area contributed by atoms with Gasteiger partial charge in [-0.05, 0) is 36.8 Å². The molecule has 5 heteroatoms. The van der Waals surface area contributed by atoms with Crippen LogP contribution in [0.15, 0.2) is 53.6 Å². The number of methoxy groups -OCH3 is 1. The topological polar surface area (TPSA) is 51.4 Å². The number of nitrogens with two attached hydrogens (primary N) is 1. The van der Waals surface area contributed by atoms with E-state index in [1.54, 1.807) is 18.4 Å². The maximum absolute atomic E-state index is 6.56. The number of nitrogens with zero attached hydrogens (tertiary/aromatic N) is 2. The molecule has 2 aromatic rings. The van der Waals surface area contributed by atoms with Crippen LogP contribution in [0, 0.1) is 0 Å². The van der Waals surface area contributed by atoms with Crippen LogP contribution in [0.3, 0.4) is 0 Å². The summed E-state index contributed by atoms with van der Waals surface area (Å²) in [4.78, 5) is 6.84. The minimum Gasteiger partial charge on any atom is -0.497 e. The van der Waals surface area contributed by atoms with Gasteiger partial charge in [-0.1, -0.05) is 12.2 Å². The minimum atomic E-state index is -0.519. The normalized spacial score (nSPS) is 20.3. The lowest BCUT2D eigenvalue weighted by atomic mass is 9.92. The summed E-state index contributed by atoms with van der Waals surface area (Å²) >= 11 is 1.61. The molecule has 2 N–H and O–H groups in total. The van der Waals surface area contributed by atoms with Crippen molar-refractivity contribution in [2.24, 2.45) is 5.73 Å². The van der Waals surface area contributed by atoms with Gasteiger partial charge in [-0.15, -0.1) is 11.3 Å². The molecule has 4 nitrogen and oxygen atoms in total. The summed E-state index contributed by atoms with van der Waals surface area (Å²) in [5, 5.41) is 3.00. The van der Waals surface area contributed by atoms with Gasteiger partial charge in [0.1, 0.15) is 10.8 Å². The first-order chi connectivity index (χ1) is 11.0. The van der Waals surface area contributed by atoms with Crippen molar-refractivity contribution in [2.75, 3.05) is 21.2 Å². The summed E-state index contributed by atoms with van der Waals surface area (Å²) in [7, 11) is 5.73. The molecule has 1 aliphatic rings.